The molecule has 0 saturated carbocycles. The van der Waals surface area contributed by atoms with Crippen LogP contribution in [0.4, 0.5) is 0 Å². The molecule has 1 rings (SSSR count). The minimum atomic E-state index is 0.238. The third-order valence-corrected chi connectivity index (χ3v) is 2.23. The topological polar surface area (TPSA) is 12.9 Å². The fraction of sp³-hybridized carbons (Fsp3) is 0.167. The SMILES string of the molecule is ClCc1c(Cl)cc(Cl)nc1Cl. The molecule has 0 atom stereocenters. The average molecular weight is 231 g/mol. The summed E-state index contributed by atoms with van der Waals surface area (Å²) < 4.78 is 0. The van der Waals surface area contributed by atoms with Crippen LogP contribution in [0.15, 0.2) is 6.07 Å². The Bertz CT molecular complexity index is 250. The van der Waals surface area contributed by atoms with Crippen LogP contribution in [0.1, 0.15) is 5.56 Å². The summed E-state index contributed by atoms with van der Waals surface area (Å²) in [6, 6.07) is 1.51. The van der Waals surface area contributed by atoms with Crippen molar-refractivity contribution < 1.29 is 0 Å². The Hall–Kier alpha value is 0.310. The zero-order valence-electron chi connectivity index (χ0n) is 5.24. The van der Waals surface area contributed by atoms with Crippen molar-refractivity contribution in [2.24, 2.45) is 0 Å². The second kappa shape index (κ2) is 3.81. The first-order chi connectivity index (χ1) is 5.15. The molecule has 0 saturated heterocycles. The number of nitrogens with zero attached hydrogens (tertiary/aromatic N) is 1. The first-order valence-corrected chi connectivity index (χ1v) is 4.38. The summed E-state index contributed by atoms with van der Waals surface area (Å²) in [7, 11) is 0. The van der Waals surface area contributed by atoms with Gasteiger partial charge < -0.3 is 0 Å². The van der Waals surface area contributed by atoms with Gasteiger partial charge in [0, 0.05) is 5.56 Å². The van der Waals surface area contributed by atoms with Gasteiger partial charge in [0.05, 0.1) is 10.9 Å². The lowest BCUT2D eigenvalue weighted by atomic mass is 10.3. The Morgan fingerprint density at radius 2 is 1.91 bits per heavy atom. The molecule has 0 aliphatic heterocycles. The molecular weight excluding hydrogens is 228 g/mol. The smallest absolute Gasteiger partial charge is 0.136 e. The van der Waals surface area contributed by atoms with E-state index < -0.39 is 0 Å². The molecule has 60 valence electrons. The van der Waals surface area contributed by atoms with Crippen molar-refractivity contribution in [1.82, 2.24) is 4.98 Å². The lowest BCUT2D eigenvalue weighted by Crippen LogP contribution is -1.86. The maximum absolute atomic E-state index is 5.74. The van der Waals surface area contributed by atoms with Gasteiger partial charge in [0.25, 0.3) is 0 Å². The zero-order valence-corrected chi connectivity index (χ0v) is 8.27. The van der Waals surface area contributed by atoms with Crippen LogP contribution in [0.5, 0.6) is 0 Å². The Morgan fingerprint density at radius 1 is 1.27 bits per heavy atom. The Morgan fingerprint density at radius 3 is 2.36 bits per heavy atom. The summed E-state index contributed by atoms with van der Waals surface area (Å²) in [5.41, 5.74) is 0.611. The van der Waals surface area contributed by atoms with E-state index in [-0.39, 0.29) is 16.2 Å². The van der Waals surface area contributed by atoms with Gasteiger partial charge in [-0.3, -0.25) is 0 Å². The molecule has 0 radical (unpaired) electrons. The molecule has 0 bridgehead atoms. The molecule has 0 aromatic carbocycles. The van der Waals surface area contributed by atoms with Crippen LogP contribution in [-0.4, -0.2) is 4.98 Å². The van der Waals surface area contributed by atoms with Crippen molar-refractivity contribution in [3.05, 3.63) is 27.0 Å². The van der Waals surface area contributed by atoms with Crippen LogP contribution < -0.4 is 0 Å². The summed E-state index contributed by atoms with van der Waals surface area (Å²) in [5, 5.41) is 0.983. The standard InChI is InChI=1S/C6H3Cl4N/c7-2-3-4(8)1-5(9)11-6(3)10/h1H,2H2. The van der Waals surface area contributed by atoms with Crippen molar-refractivity contribution >= 4 is 46.4 Å². The Labute approximate surface area is 84.2 Å². The van der Waals surface area contributed by atoms with E-state index in [9.17, 15) is 0 Å². The normalized spacial score (nSPS) is 10.2. The van der Waals surface area contributed by atoms with Gasteiger partial charge in [-0.05, 0) is 6.07 Å². The lowest BCUT2D eigenvalue weighted by Gasteiger charge is -2.01. The van der Waals surface area contributed by atoms with Crippen LogP contribution in [0.3, 0.4) is 0 Å². The van der Waals surface area contributed by atoms with E-state index in [1.165, 1.54) is 6.07 Å². The second-order valence-electron chi connectivity index (χ2n) is 1.83. The van der Waals surface area contributed by atoms with Gasteiger partial charge in [-0.2, -0.15) is 0 Å². The van der Waals surface area contributed by atoms with Crippen molar-refractivity contribution in [1.29, 1.82) is 0 Å². The van der Waals surface area contributed by atoms with Gasteiger partial charge in [-0.15, -0.1) is 11.6 Å². The molecule has 0 amide bonds. The monoisotopic (exact) mass is 229 g/mol. The molecule has 0 unspecified atom stereocenters. The highest BCUT2D eigenvalue weighted by Crippen LogP contribution is 2.26. The van der Waals surface area contributed by atoms with E-state index in [2.05, 4.69) is 4.98 Å². The summed E-state index contributed by atoms with van der Waals surface area (Å²) in [5.74, 6) is 0.238. The average Bonchev–Trinajstić information content (AvgIpc) is 1.85. The summed E-state index contributed by atoms with van der Waals surface area (Å²) in [6.07, 6.45) is 0. The molecule has 1 heterocycles. The number of rotatable bonds is 1. The number of hydrogen-bond acceptors (Lipinski definition) is 1. The van der Waals surface area contributed by atoms with E-state index in [1.54, 1.807) is 0 Å². The molecule has 0 N–H and O–H groups in total. The fourth-order valence-corrected chi connectivity index (χ4v) is 1.87. The zero-order chi connectivity index (χ0) is 8.43. The van der Waals surface area contributed by atoms with E-state index in [4.69, 9.17) is 46.4 Å². The largest absolute Gasteiger partial charge is 0.224 e. The molecule has 1 aromatic heterocycles. The maximum atomic E-state index is 5.74. The van der Waals surface area contributed by atoms with Gasteiger partial charge in [0.15, 0.2) is 0 Å². The van der Waals surface area contributed by atoms with E-state index in [0.717, 1.165) is 0 Å². The second-order valence-corrected chi connectivity index (χ2v) is 3.25. The van der Waals surface area contributed by atoms with E-state index in [0.29, 0.717) is 10.6 Å². The fourth-order valence-electron chi connectivity index (χ4n) is 0.603. The van der Waals surface area contributed by atoms with Crippen LogP contribution >= 0.6 is 46.4 Å². The molecule has 11 heavy (non-hydrogen) atoms. The molecule has 5 heteroatoms. The highest BCUT2D eigenvalue weighted by molar-refractivity contribution is 6.38. The molecule has 0 fully saturated rings. The summed E-state index contributed by atoms with van der Waals surface area (Å²) in [4.78, 5) is 3.77. The third-order valence-electron chi connectivity index (χ3n) is 1.12. The predicted molar refractivity (Wildman–Crippen MR) is 48.8 cm³/mol. The molecule has 0 spiro atoms. The third kappa shape index (κ3) is 2.12. The van der Waals surface area contributed by atoms with Crippen molar-refractivity contribution in [3.8, 4) is 0 Å². The van der Waals surface area contributed by atoms with Crippen LogP contribution in [0, 0.1) is 0 Å². The highest BCUT2D eigenvalue weighted by atomic mass is 35.5. The predicted octanol–water partition coefficient (Wildman–Crippen LogP) is 3.78. The quantitative estimate of drug-likeness (QED) is 0.529. The summed E-state index contributed by atoms with van der Waals surface area (Å²) >= 11 is 22.5. The minimum absolute atomic E-state index is 0.238. The molecular formula is C6H3Cl4N. The van der Waals surface area contributed by atoms with Crippen molar-refractivity contribution in [2.45, 2.75) is 5.88 Å². The number of aromatic nitrogens is 1. The minimum Gasteiger partial charge on any atom is -0.224 e. The highest BCUT2D eigenvalue weighted by Gasteiger charge is 2.06. The first-order valence-electron chi connectivity index (χ1n) is 2.71. The molecule has 1 nitrogen and oxygen atoms in total. The van der Waals surface area contributed by atoms with Crippen molar-refractivity contribution in [3.63, 3.8) is 0 Å². The van der Waals surface area contributed by atoms with Gasteiger partial charge >= 0.3 is 0 Å². The molecule has 0 aliphatic rings. The van der Waals surface area contributed by atoms with Crippen molar-refractivity contribution in [2.75, 3.05) is 0 Å². The molecule has 1 aromatic rings. The first kappa shape index (κ1) is 9.40. The summed E-state index contributed by atoms with van der Waals surface area (Å²) in [6.45, 7) is 0. The number of pyridine rings is 1. The Kier molecular flexibility index (Phi) is 3.26. The van der Waals surface area contributed by atoms with Crippen LogP contribution in [0.2, 0.25) is 15.3 Å². The number of halogens is 4. The number of alkyl halides is 1. The van der Waals surface area contributed by atoms with E-state index in [1.807, 2.05) is 0 Å². The molecule has 0 aliphatic carbocycles. The number of hydrogen-bond donors (Lipinski definition) is 0. The van der Waals surface area contributed by atoms with E-state index >= 15 is 0 Å². The van der Waals surface area contributed by atoms with Gasteiger partial charge in [0.2, 0.25) is 0 Å². The Balaban J connectivity index is 3.25. The van der Waals surface area contributed by atoms with Gasteiger partial charge in [0.1, 0.15) is 10.3 Å². The van der Waals surface area contributed by atoms with Gasteiger partial charge in [-0.1, -0.05) is 34.8 Å². The van der Waals surface area contributed by atoms with Crippen LogP contribution in [0.25, 0.3) is 0 Å². The maximum Gasteiger partial charge on any atom is 0.136 e. The lowest BCUT2D eigenvalue weighted by molar-refractivity contribution is 1.25. The van der Waals surface area contributed by atoms with Crippen LogP contribution in [-0.2, 0) is 5.88 Å². The van der Waals surface area contributed by atoms with Gasteiger partial charge in [-0.25, -0.2) is 4.98 Å².